The number of fused-ring (bicyclic) bond motifs is 2. The first kappa shape index (κ1) is 17.7. The first-order valence-corrected chi connectivity index (χ1v) is 9.08. The highest BCUT2D eigenvalue weighted by molar-refractivity contribution is 5.85. The van der Waals surface area contributed by atoms with Gasteiger partial charge in [0.25, 0.3) is 0 Å². The van der Waals surface area contributed by atoms with E-state index in [0.29, 0.717) is 25.1 Å². The van der Waals surface area contributed by atoms with E-state index in [1.165, 1.54) is 5.56 Å². The second-order valence-corrected chi connectivity index (χ2v) is 6.85. The van der Waals surface area contributed by atoms with Gasteiger partial charge in [-0.05, 0) is 31.2 Å². The summed E-state index contributed by atoms with van der Waals surface area (Å²) < 4.78 is 18.8. The van der Waals surface area contributed by atoms with Gasteiger partial charge < -0.3 is 19.4 Å². The van der Waals surface area contributed by atoms with Crippen molar-refractivity contribution in [2.24, 2.45) is 5.16 Å². The van der Waals surface area contributed by atoms with Gasteiger partial charge in [-0.25, -0.2) is 0 Å². The molecule has 27 heavy (non-hydrogen) atoms. The normalized spacial score (nSPS) is 19.2. The zero-order valence-corrected chi connectivity index (χ0v) is 15.6. The third-order valence-corrected chi connectivity index (χ3v) is 5.31. The Labute approximate surface area is 157 Å². The van der Waals surface area contributed by atoms with Crippen molar-refractivity contribution in [2.75, 3.05) is 27.5 Å². The molecule has 0 amide bonds. The zero-order valence-electron chi connectivity index (χ0n) is 15.6. The molecular formula is C19H24N4O4. The van der Waals surface area contributed by atoms with Crippen molar-refractivity contribution < 1.29 is 19.4 Å². The highest BCUT2D eigenvalue weighted by Crippen LogP contribution is 2.50. The Kier molecular flexibility index (Phi) is 4.89. The molecule has 2 aromatic rings. The van der Waals surface area contributed by atoms with E-state index < -0.39 is 0 Å². The maximum atomic E-state index is 9.56. The van der Waals surface area contributed by atoms with Gasteiger partial charge in [0.2, 0.25) is 12.5 Å². The van der Waals surface area contributed by atoms with E-state index in [2.05, 4.69) is 28.3 Å². The molecule has 0 spiro atoms. The van der Waals surface area contributed by atoms with E-state index in [4.69, 9.17) is 14.2 Å². The summed E-state index contributed by atoms with van der Waals surface area (Å²) in [6, 6.07) is 3.98. The van der Waals surface area contributed by atoms with E-state index in [1.807, 2.05) is 16.9 Å². The van der Waals surface area contributed by atoms with Gasteiger partial charge in [-0.3, -0.25) is 9.58 Å². The molecule has 0 fully saturated rings. The number of methoxy groups -OCH3 is 1. The molecule has 3 heterocycles. The number of benzene rings is 1. The lowest BCUT2D eigenvalue weighted by atomic mass is 9.88. The molecule has 1 N–H and O–H groups in total. The van der Waals surface area contributed by atoms with E-state index in [-0.39, 0.29) is 12.8 Å². The van der Waals surface area contributed by atoms with E-state index >= 15 is 0 Å². The summed E-state index contributed by atoms with van der Waals surface area (Å²) in [5.74, 6) is 2.13. The van der Waals surface area contributed by atoms with Gasteiger partial charge >= 0.3 is 0 Å². The van der Waals surface area contributed by atoms with Crippen LogP contribution in [0, 0.1) is 0 Å². The molecule has 2 aliphatic heterocycles. The number of hydrogen-bond donors (Lipinski definition) is 1. The Morgan fingerprint density at radius 2 is 2.33 bits per heavy atom. The second kappa shape index (κ2) is 7.48. The number of oxime groups is 1. The fourth-order valence-electron chi connectivity index (χ4n) is 3.88. The Balaban J connectivity index is 1.61. The summed E-state index contributed by atoms with van der Waals surface area (Å²) in [6.45, 7) is 1.80. The molecule has 1 aromatic carbocycles. The molecule has 0 radical (unpaired) electrons. The highest BCUT2D eigenvalue weighted by atomic mass is 16.7. The Hall–Kier alpha value is -2.74. The third kappa shape index (κ3) is 3.32. The molecule has 8 heteroatoms. The smallest absolute Gasteiger partial charge is 0.231 e. The standard InChI is InChI=1S/C19H24N4O4/c1-22-8-4-13-10-16-18(27-12-26-16)19(25-2)17(13)15(22)11-14(21-24)5-9-23-7-3-6-20-23/h3,6-7,10,15,24H,4-5,8-9,11-12H2,1-2H3/t15-/m1/s1. The summed E-state index contributed by atoms with van der Waals surface area (Å²) in [6.07, 6.45) is 5.80. The minimum absolute atomic E-state index is 0.0433. The molecule has 1 aromatic heterocycles. The lowest BCUT2D eigenvalue weighted by Gasteiger charge is -2.36. The SMILES string of the molecule is COc1c2c(cc3c1[C@@H](CC(CCn1cccn1)=NO)N(C)CC3)OCO2. The summed E-state index contributed by atoms with van der Waals surface area (Å²) in [5.41, 5.74) is 3.02. The number of rotatable bonds is 6. The van der Waals surface area contributed by atoms with Gasteiger partial charge in [0.15, 0.2) is 11.5 Å². The average molecular weight is 372 g/mol. The van der Waals surface area contributed by atoms with Crippen molar-refractivity contribution in [1.29, 1.82) is 0 Å². The molecule has 1 atom stereocenters. The lowest BCUT2D eigenvalue weighted by molar-refractivity contribution is 0.170. The summed E-state index contributed by atoms with van der Waals surface area (Å²) in [5, 5.41) is 17.3. The summed E-state index contributed by atoms with van der Waals surface area (Å²) in [7, 11) is 3.74. The van der Waals surface area contributed by atoms with Gasteiger partial charge in [0, 0.05) is 49.9 Å². The number of likely N-dealkylation sites (N-methyl/N-ethyl adjacent to an activating group) is 1. The monoisotopic (exact) mass is 372 g/mol. The number of aryl methyl sites for hydroxylation is 1. The topological polar surface area (TPSA) is 81.3 Å². The Morgan fingerprint density at radius 3 is 3.07 bits per heavy atom. The van der Waals surface area contributed by atoms with E-state index in [9.17, 15) is 5.21 Å². The van der Waals surface area contributed by atoms with Crippen LogP contribution in [0.25, 0.3) is 0 Å². The van der Waals surface area contributed by atoms with Crippen LogP contribution in [0.3, 0.4) is 0 Å². The molecule has 0 saturated carbocycles. The largest absolute Gasteiger partial charge is 0.492 e. The number of hydrogen-bond acceptors (Lipinski definition) is 7. The molecule has 0 aliphatic carbocycles. The first-order valence-electron chi connectivity index (χ1n) is 9.08. The Morgan fingerprint density at radius 1 is 1.44 bits per heavy atom. The Bertz CT molecular complexity index is 835. The molecule has 0 bridgehead atoms. The number of aromatic nitrogens is 2. The minimum Gasteiger partial charge on any atom is -0.492 e. The summed E-state index contributed by atoms with van der Waals surface area (Å²) >= 11 is 0. The van der Waals surface area contributed by atoms with Crippen LogP contribution in [0.15, 0.2) is 29.7 Å². The number of nitrogens with zero attached hydrogens (tertiary/aromatic N) is 4. The van der Waals surface area contributed by atoms with Crippen LogP contribution in [-0.4, -0.2) is 53.1 Å². The molecule has 2 aliphatic rings. The van der Waals surface area contributed by atoms with Gasteiger partial charge in [-0.15, -0.1) is 0 Å². The molecule has 0 unspecified atom stereocenters. The van der Waals surface area contributed by atoms with E-state index in [0.717, 1.165) is 35.7 Å². The van der Waals surface area contributed by atoms with Gasteiger partial charge in [0.05, 0.1) is 12.8 Å². The maximum absolute atomic E-state index is 9.56. The van der Waals surface area contributed by atoms with E-state index in [1.54, 1.807) is 13.3 Å². The summed E-state index contributed by atoms with van der Waals surface area (Å²) in [4.78, 5) is 2.27. The minimum atomic E-state index is 0.0433. The van der Waals surface area contributed by atoms with Gasteiger partial charge in [-0.1, -0.05) is 5.16 Å². The number of ether oxygens (including phenoxy) is 3. The first-order chi connectivity index (χ1) is 13.2. The van der Waals surface area contributed by atoms with Crippen molar-refractivity contribution >= 4 is 5.71 Å². The molecule has 4 rings (SSSR count). The van der Waals surface area contributed by atoms with Crippen molar-refractivity contribution in [2.45, 2.75) is 31.8 Å². The molecular weight excluding hydrogens is 348 g/mol. The van der Waals surface area contributed by atoms with Crippen LogP contribution in [0.4, 0.5) is 0 Å². The van der Waals surface area contributed by atoms with Crippen LogP contribution < -0.4 is 14.2 Å². The molecule has 8 nitrogen and oxygen atoms in total. The fraction of sp³-hybridized carbons (Fsp3) is 0.474. The van der Waals surface area contributed by atoms with Crippen LogP contribution in [0.5, 0.6) is 17.2 Å². The third-order valence-electron chi connectivity index (χ3n) is 5.31. The quantitative estimate of drug-likeness (QED) is 0.477. The van der Waals surface area contributed by atoms with Crippen molar-refractivity contribution in [3.05, 3.63) is 35.7 Å². The van der Waals surface area contributed by atoms with Crippen LogP contribution in [0.2, 0.25) is 0 Å². The average Bonchev–Trinajstić information content (AvgIpc) is 3.36. The second-order valence-electron chi connectivity index (χ2n) is 6.85. The van der Waals surface area contributed by atoms with Crippen LogP contribution >= 0.6 is 0 Å². The predicted octanol–water partition coefficient (Wildman–Crippen LogP) is 2.46. The molecule has 144 valence electrons. The van der Waals surface area contributed by atoms with Crippen molar-refractivity contribution in [1.82, 2.24) is 14.7 Å². The maximum Gasteiger partial charge on any atom is 0.231 e. The molecule has 0 saturated heterocycles. The highest BCUT2D eigenvalue weighted by Gasteiger charge is 2.34. The van der Waals surface area contributed by atoms with Gasteiger partial charge in [-0.2, -0.15) is 5.10 Å². The van der Waals surface area contributed by atoms with Gasteiger partial charge in [0.1, 0.15) is 0 Å². The lowest BCUT2D eigenvalue weighted by Crippen LogP contribution is -2.34. The van der Waals surface area contributed by atoms with Crippen molar-refractivity contribution in [3.63, 3.8) is 0 Å². The van der Waals surface area contributed by atoms with Crippen LogP contribution in [0.1, 0.15) is 30.0 Å². The zero-order chi connectivity index (χ0) is 18.8. The van der Waals surface area contributed by atoms with Crippen molar-refractivity contribution in [3.8, 4) is 17.2 Å². The predicted molar refractivity (Wildman–Crippen MR) is 98.9 cm³/mol. The fourth-order valence-corrected chi connectivity index (χ4v) is 3.88. The van der Waals surface area contributed by atoms with Crippen LogP contribution in [-0.2, 0) is 13.0 Å².